The molecule has 8 nitrogen and oxygen atoms in total. The summed E-state index contributed by atoms with van der Waals surface area (Å²) < 4.78 is 39.5. The number of rotatable bonds is 8. The number of piperazine rings is 1. The van der Waals surface area contributed by atoms with Crippen LogP contribution in [0.3, 0.4) is 0 Å². The summed E-state index contributed by atoms with van der Waals surface area (Å²) >= 11 is 0. The van der Waals surface area contributed by atoms with E-state index in [-0.39, 0.29) is 0 Å². The van der Waals surface area contributed by atoms with E-state index in [4.69, 9.17) is 9.47 Å². The van der Waals surface area contributed by atoms with Gasteiger partial charge in [0.05, 0.1) is 25.2 Å². The van der Waals surface area contributed by atoms with E-state index in [1.165, 1.54) is 0 Å². The van der Waals surface area contributed by atoms with E-state index in [9.17, 15) is 8.42 Å². The van der Waals surface area contributed by atoms with E-state index < -0.39 is 10.0 Å². The summed E-state index contributed by atoms with van der Waals surface area (Å²) in [5.74, 6) is 1.61. The van der Waals surface area contributed by atoms with Gasteiger partial charge in [-0.2, -0.15) is 4.31 Å². The average molecular weight is 394 g/mol. The Kier molecular flexibility index (Phi) is 6.48. The first-order valence-corrected chi connectivity index (χ1v) is 10.3. The number of sulfonamides is 1. The Morgan fingerprint density at radius 3 is 2.41 bits per heavy atom. The van der Waals surface area contributed by atoms with Crippen LogP contribution in [0.1, 0.15) is 5.82 Å². The number of benzene rings is 1. The molecule has 2 heterocycles. The van der Waals surface area contributed by atoms with Crippen molar-refractivity contribution in [3.63, 3.8) is 0 Å². The van der Waals surface area contributed by atoms with Crippen molar-refractivity contribution in [2.24, 2.45) is 0 Å². The molecule has 2 aromatic rings. The van der Waals surface area contributed by atoms with Gasteiger partial charge in [0.25, 0.3) is 0 Å². The molecule has 0 radical (unpaired) electrons. The number of nitrogens with zero attached hydrogens (tertiary/aromatic N) is 4. The molecule has 0 atom stereocenters. The predicted molar refractivity (Wildman–Crippen MR) is 101 cm³/mol. The molecule has 148 valence electrons. The number of aromatic nitrogens is 2. The molecule has 1 aromatic carbocycles. The van der Waals surface area contributed by atoms with Gasteiger partial charge < -0.3 is 14.0 Å². The van der Waals surface area contributed by atoms with E-state index in [0.717, 1.165) is 12.4 Å². The molecular weight excluding hydrogens is 368 g/mol. The van der Waals surface area contributed by atoms with Gasteiger partial charge in [-0.3, -0.25) is 4.90 Å². The van der Waals surface area contributed by atoms with Gasteiger partial charge in [-0.15, -0.1) is 0 Å². The minimum atomic E-state index is -3.48. The molecule has 1 aliphatic heterocycles. The number of imidazole rings is 1. The lowest BCUT2D eigenvalue weighted by molar-refractivity contribution is 0.168. The van der Waals surface area contributed by atoms with Crippen LogP contribution in [0.5, 0.6) is 5.75 Å². The largest absolute Gasteiger partial charge is 0.497 e. The second-order valence-electron chi connectivity index (χ2n) is 6.39. The fourth-order valence-corrected chi connectivity index (χ4v) is 4.53. The zero-order valence-electron chi connectivity index (χ0n) is 15.7. The zero-order valence-corrected chi connectivity index (χ0v) is 16.6. The first-order chi connectivity index (χ1) is 13.0. The highest BCUT2D eigenvalue weighted by atomic mass is 32.2. The van der Waals surface area contributed by atoms with Crippen LogP contribution in [0.25, 0.3) is 0 Å². The van der Waals surface area contributed by atoms with Gasteiger partial charge in [0.2, 0.25) is 10.0 Å². The third-order valence-corrected chi connectivity index (χ3v) is 6.64. The lowest BCUT2D eigenvalue weighted by Gasteiger charge is -2.33. The molecule has 0 unspecified atom stereocenters. The number of ether oxygens (including phenoxy) is 2. The molecule has 0 saturated carbocycles. The Labute approximate surface area is 160 Å². The minimum Gasteiger partial charge on any atom is -0.497 e. The highest BCUT2D eigenvalue weighted by Crippen LogP contribution is 2.21. The number of methoxy groups -OCH3 is 2. The van der Waals surface area contributed by atoms with Gasteiger partial charge in [-0.1, -0.05) is 0 Å². The SMILES string of the molecule is COCCn1ccnc1CN1CCN(S(=O)(=O)c2ccc(OC)cc2)CC1. The van der Waals surface area contributed by atoms with Crippen molar-refractivity contribution < 1.29 is 17.9 Å². The van der Waals surface area contributed by atoms with Crippen LogP contribution >= 0.6 is 0 Å². The molecule has 9 heteroatoms. The smallest absolute Gasteiger partial charge is 0.243 e. The standard InChI is InChI=1S/C18H26N4O4S/c1-25-14-13-21-8-7-19-18(21)15-20-9-11-22(12-10-20)27(23,24)17-5-3-16(26-2)4-6-17/h3-8H,9-15H2,1-2H3. The van der Waals surface area contributed by atoms with Crippen LogP contribution < -0.4 is 4.74 Å². The summed E-state index contributed by atoms with van der Waals surface area (Å²) in [4.78, 5) is 6.94. The van der Waals surface area contributed by atoms with Crippen molar-refractivity contribution >= 4 is 10.0 Å². The van der Waals surface area contributed by atoms with Gasteiger partial charge in [-0.05, 0) is 24.3 Å². The molecule has 0 spiro atoms. The Bertz CT molecular complexity index is 827. The van der Waals surface area contributed by atoms with Crippen molar-refractivity contribution in [3.05, 3.63) is 42.5 Å². The van der Waals surface area contributed by atoms with E-state index in [1.54, 1.807) is 49.0 Å². The van der Waals surface area contributed by atoms with Crippen LogP contribution in [0, 0.1) is 0 Å². The molecule has 1 aromatic heterocycles. The van der Waals surface area contributed by atoms with Crippen molar-refractivity contribution in [1.82, 2.24) is 18.8 Å². The van der Waals surface area contributed by atoms with Crippen molar-refractivity contribution in [2.75, 3.05) is 47.0 Å². The van der Waals surface area contributed by atoms with Gasteiger partial charge >= 0.3 is 0 Å². The Morgan fingerprint density at radius 1 is 1.07 bits per heavy atom. The van der Waals surface area contributed by atoms with Crippen molar-refractivity contribution in [1.29, 1.82) is 0 Å². The molecule has 1 aliphatic rings. The van der Waals surface area contributed by atoms with Crippen LogP contribution in [-0.2, 0) is 27.8 Å². The average Bonchev–Trinajstić information content (AvgIpc) is 3.13. The summed E-state index contributed by atoms with van der Waals surface area (Å²) in [5.41, 5.74) is 0. The Balaban J connectivity index is 1.59. The first kappa shape index (κ1) is 19.8. The maximum Gasteiger partial charge on any atom is 0.243 e. The quantitative estimate of drug-likeness (QED) is 0.666. The Morgan fingerprint density at radius 2 is 1.78 bits per heavy atom. The van der Waals surface area contributed by atoms with Crippen molar-refractivity contribution in [2.45, 2.75) is 18.0 Å². The van der Waals surface area contributed by atoms with Gasteiger partial charge in [0.15, 0.2) is 0 Å². The van der Waals surface area contributed by atoms with Gasteiger partial charge in [0.1, 0.15) is 11.6 Å². The first-order valence-electron chi connectivity index (χ1n) is 8.90. The molecule has 0 bridgehead atoms. The molecule has 0 aliphatic carbocycles. The normalized spacial score (nSPS) is 16.5. The summed E-state index contributed by atoms with van der Waals surface area (Å²) in [6, 6.07) is 6.52. The maximum absolute atomic E-state index is 12.8. The predicted octanol–water partition coefficient (Wildman–Crippen LogP) is 1.04. The Hall–Kier alpha value is -1.94. The molecule has 1 saturated heterocycles. The number of hydrogen-bond acceptors (Lipinski definition) is 6. The van der Waals surface area contributed by atoms with Crippen LogP contribution in [0.15, 0.2) is 41.6 Å². The van der Waals surface area contributed by atoms with Gasteiger partial charge in [-0.25, -0.2) is 13.4 Å². The van der Waals surface area contributed by atoms with Crippen LogP contribution in [0.4, 0.5) is 0 Å². The molecule has 27 heavy (non-hydrogen) atoms. The fourth-order valence-electron chi connectivity index (χ4n) is 3.11. The number of hydrogen-bond donors (Lipinski definition) is 0. The highest BCUT2D eigenvalue weighted by molar-refractivity contribution is 7.89. The zero-order chi connectivity index (χ0) is 19.3. The highest BCUT2D eigenvalue weighted by Gasteiger charge is 2.28. The van der Waals surface area contributed by atoms with Crippen LogP contribution in [-0.4, -0.2) is 74.2 Å². The van der Waals surface area contributed by atoms with E-state index >= 15 is 0 Å². The third kappa shape index (κ3) is 4.67. The summed E-state index contributed by atoms with van der Waals surface area (Å²) in [6.07, 6.45) is 3.73. The molecule has 1 fully saturated rings. The summed E-state index contributed by atoms with van der Waals surface area (Å²) in [5, 5.41) is 0. The molecular formula is C18H26N4O4S. The molecule has 0 amide bonds. The second kappa shape index (κ2) is 8.83. The fraction of sp³-hybridized carbons (Fsp3) is 0.500. The van der Waals surface area contributed by atoms with Crippen LogP contribution in [0.2, 0.25) is 0 Å². The maximum atomic E-state index is 12.8. The minimum absolute atomic E-state index is 0.298. The van der Waals surface area contributed by atoms with Gasteiger partial charge in [0, 0.05) is 52.2 Å². The van der Waals surface area contributed by atoms with Crippen molar-refractivity contribution in [3.8, 4) is 5.75 Å². The third-order valence-electron chi connectivity index (χ3n) is 4.73. The topological polar surface area (TPSA) is 76.9 Å². The summed E-state index contributed by atoms with van der Waals surface area (Å²) in [7, 11) is -0.240. The lowest BCUT2D eigenvalue weighted by atomic mass is 10.3. The monoisotopic (exact) mass is 394 g/mol. The van der Waals surface area contributed by atoms with E-state index in [2.05, 4.69) is 14.5 Å². The van der Waals surface area contributed by atoms with E-state index in [1.807, 2.05) is 6.20 Å². The van der Waals surface area contributed by atoms with E-state index in [0.29, 0.717) is 50.0 Å². The molecule has 3 rings (SSSR count). The lowest BCUT2D eigenvalue weighted by Crippen LogP contribution is -2.48. The second-order valence-corrected chi connectivity index (χ2v) is 8.32. The summed E-state index contributed by atoms with van der Waals surface area (Å²) in [6.45, 7) is 4.38. The molecule has 0 N–H and O–H groups in total.